The summed E-state index contributed by atoms with van der Waals surface area (Å²) < 4.78 is 16.4. The maximum absolute atomic E-state index is 13.2. The molecule has 52 heavy (non-hydrogen) atoms. The van der Waals surface area contributed by atoms with E-state index in [1.807, 2.05) is 84.0 Å². The average molecular weight is 707 g/mol. The molecule has 1 N–H and O–H groups in total. The van der Waals surface area contributed by atoms with E-state index in [0.717, 1.165) is 34.4 Å². The van der Waals surface area contributed by atoms with Crippen LogP contribution in [0.4, 0.5) is 0 Å². The lowest BCUT2D eigenvalue weighted by molar-refractivity contribution is -0.147. The molecule has 8 nitrogen and oxygen atoms in total. The molecule has 0 bridgehead atoms. The van der Waals surface area contributed by atoms with Crippen molar-refractivity contribution in [2.24, 2.45) is 17.3 Å². The van der Waals surface area contributed by atoms with Gasteiger partial charge in [-0.1, -0.05) is 79.1 Å². The second kappa shape index (κ2) is 16.5. The van der Waals surface area contributed by atoms with Crippen molar-refractivity contribution in [3.05, 3.63) is 135 Å². The van der Waals surface area contributed by atoms with Crippen LogP contribution in [0.15, 0.2) is 95.1 Å². The van der Waals surface area contributed by atoms with E-state index < -0.39 is 5.54 Å². The molecular formula is C44H54N2O6. The van der Waals surface area contributed by atoms with E-state index in [1.54, 1.807) is 31.6 Å². The summed E-state index contributed by atoms with van der Waals surface area (Å²) in [5.41, 5.74) is 9.27. The minimum atomic E-state index is -0.600. The molecule has 8 heteroatoms. The van der Waals surface area contributed by atoms with Gasteiger partial charge in [-0.2, -0.15) is 0 Å². The summed E-state index contributed by atoms with van der Waals surface area (Å²) in [5, 5.41) is 1.39. The topological polar surface area (TPSA) is 98.1 Å². The smallest absolute Gasteiger partial charge is 0.310 e. The molecule has 1 aliphatic rings. The zero-order chi connectivity index (χ0) is 38.4. The van der Waals surface area contributed by atoms with E-state index in [2.05, 4.69) is 51.3 Å². The maximum atomic E-state index is 13.2. The van der Waals surface area contributed by atoms with Crippen molar-refractivity contribution in [3.63, 3.8) is 0 Å². The van der Waals surface area contributed by atoms with Crippen LogP contribution in [-0.2, 0) is 22.6 Å². The quantitative estimate of drug-likeness (QED) is 0.106. The predicted molar refractivity (Wildman–Crippen MR) is 205 cm³/mol. The Morgan fingerprint density at radius 1 is 0.904 bits per heavy atom. The van der Waals surface area contributed by atoms with Gasteiger partial charge in [-0.15, -0.1) is 0 Å². The second-order valence-electron chi connectivity index (χ2n) is 15.5. The number of amides is 2. The Morgan fingerprint density at radius 3 is 2.15 bits per heavy atom. The van der Waals surface area contributed by atoms with E-state index in [-0.39, 0.29) is 41.6 Å². The third kappa shape index (κ3) is 10.0. The first-order chi connectivity index (χ1) is 24.4. The Bertz CT molecular complexity index is 1890. The van der Waals surface area contributed by atoms with Crippen LogP contribution >= 0.6 is 0 Å². The van der Waals surface area contributed by atoms with Gasteiger partial charge in [0.2, 0.25) is 0 Å². The van der Waals surface area contributed by atoms with Gasteiger partial charge in [-0.25, -0.2) is 5.01 Å². The summed E-state index contributed by atoms with van der Waals surface area (Å²) in [6, 6.07) is 23.1. The van der Waals surface area contributed by atoms with Gasteiger partial charge in [-0.05, 0) is 103 Å². The molecule has 1 aliphatic carbocycles. The molecule has 0 saturated heterocycles. The minimum Gasteiger partial charge on any atom is -0.496 e. The number of nitrogens with zero attached hydrogens (tertiary/aromatic N) is 1. The zero-order valence-electron chi connectivity index (χ0n) is 32.5. The van der Waals surface area contributed by atoms with E-state index in [1.165, 1.54) is 16.1 Å². The van der Waals surface area contributed by atoms with Crippen LogP contribution in [-0.4, -0.2) is 35.4 Å². The van der Waals surface area contributed by atoms with Crippen LogP contribution in [0.5, 0.6) is 5.75 Å². The third-order valence-electron chi connectivity index (χ3n) is 9.29. The van der Waals surface area contributed by atoms with Crippen molar-refractivity contribution in [1.82, 2.24) is 10.4 Å². The lowest BCUT2D eigenvalue weighted by Crippen LogP contribution is -2.56. The third-order valence-corrected chi connectivity index (χ3v) is 9.29. The number of rotatable bonds is 9. The highest BCUT2D eigenvalue weighted by Gasteiger charge is 2.61. The van der Waals surface area contributed by atoms with E-state index in [0.29, 0.717) is 16.9 Å². The van der Waals surface area contributed by atoms with Gasteiger partial charge >= 0.3 is 5.97 Å². The molecule has 2 unspecified atom stereocenters. The molecule has 0 aliphatic heterocycles. The predicted octanol–water partition coefficient (Wildman–Crippen LogP) is 9.36. The van der Waals surface area contributed by atoms with Gasteiger partial charge in [0, 0.05) is 28.7 Å². The summed E-state index contributed by atoms with van der Waals surface area (Å²) in [4.78, 5) is 38.5. The Kier molecular flexibility index (Phi) is 12.6. The van der Waals surface area contributed by atoms with E-state index in [9.17, 15) is 14.4 Å². The first-order valence-corrected chi connectivity index (χ1v) is 17.7. The fraction of sp³-hybridized carbons (Fsp3) is 0.386. The Hall–Kier alpha value is -5.11. The number of nitrogens with one attached hydrogen (secondary N) is 1. The first-order valence-electron chi connectivity index (χ1n) is 17.7. The largest absolute Gasteiger partial charge is 0.496 e. The number of furan rings is 1. The van der Waals surface area contributed by atoms with E-state index >= 15 is 0 Å². The molecule has 2 amide bonds. The maximum Gasteiger partial charge on any atom is 0.310 e. The number of hydrazine groups is 1. The van der Waals surface area contributed by atoms with Gasteiger partial charge in [0.25, 0.3) is 11.8 Å². The fourth-order valence-electron chi connectivity index (χ4n) is 6.43. The second-order valence-corrected chi connectivity index (χ2v) is 15.5. The summed E-state index contributed by atoms with van der Waals surface area (Å²) >= 11 is 0. The van der Waals surface area contributed by atoms with Crippen molar-refractivity contribution in [3.8, 4) is 5.75 Å². The van der Waals surface area contributed by atoms with Crippen molar-refractivity contribution in [1.29, 1.82) is 0 Å². The summed E-state index contributed by atoms with van der Waals surface area (Å²) in [6.07, 6.45) is 4.60. The molecular weight excluding hydrogens is 652 g/mol. The number of esters is 1. The number of benzene rings is 3. The van der Waals surface area contributed by atoms with Crippen molar-refractivity contribution in [2.45, 2.75) is 87.8 Å². The number of hydrogen-bond acceptors (Lipinski definition) is 6. The molecule has 1 heterocycles. The molecule has 5 rings (SSSR count). The normalized spacial score (nSPS) is 15.8. The monoisotopic (exact) mass is 706 g/mol. The van der Waals surface area contributed by atoms with Crippen LogP contribution < -0.4 is 10.2 Å². The number of allylic oxidation sites excluding steroid dienone is 2. The summed E-state index contributed by atoms with van der Waals surface area (Å²) in [7, 11) is 1.56. The van der Waals surface area contributed by atoms with Gasteiger partial charge in [-0.3, -0.25) is 19.8 Å². The molecule has 1 fully saturated rings. The fourth-order valence-corrected chi connectivity index (χ4v) is 6.43. The van der Waals surface area contributed by atoms with Crippen molar-refractivity contribution >= 4 is 17.8 Å². The Balaban J connectivity index is 0.000000233. The average Bonchev–Trinajstić information content (AvgIpc) is 3.34. The zero-order valence-corrected chi connectivity index (χ0v) is 32.5. The highest BCUT2D eigenvalue weighted by molar-refractivity contribution is 6.00. The highest BCUT2D eigenvalue weighted by Crippen LogP contribution is 2.59. The minimum absolute atomic E-state index is 0.0107. The molecule has 1 aromatic heterocycles. The van der Waals surface area contributed by atoms with Crippen LogP contribution in [0.1, 0.15) is 103 Å². The summed E-state index contributed by atoms with van der Waals surface area (Å²) in [6.45, 7) is 20.0. The lowest BCUT2D eigenvalue weighted by atomic mass is 10.0. The van der Waals surface area contributed by atoms with Crippen LogP contribution in [0, 0.1) is 38.0 Å². The van der Waals surface area contributed by atoms with Crippen molar-refractivity contribution in [2.75, 3.05) is 7.11 Å². The Labute approximate surface area is 309 Å². The number of methoxy groups -OCH3 is 1. The van der Waals surface area contributed by atoms with Crippen molar-refractivity contribution < 1.29 is 28.3 Å². The first kappa shape index (κ1) is 39.7. The molecule has 3 aromatic carbocycles. The standard InChI is InChI=1S/C22H28N2O3.C22H26O3/c1-14-11-15(2)13-17(12-14)21(26)24(22(4,5)6)23-20(25)18-9-8-10-19(27-7)16(18)3;1-15(2)10-19-20(22(19,3)4)21(23)25-14-17-12-18(24-13-17)11-16-8-6-5-7-9-16/h8-13H,1-7H3,(H,23,25);5-10,12-13,19-20H,11,14H2,1-4H3. The highest BCUT2D eigenvalue weighted by atomic mass is 16.5. The van der Waals surface area contributed by atoms with Gasteiger partial charge in [0.05, 0.1) is 24.8 Å². The molecule has 4 aromatic rings. The molecule has 0 radical (unpaired) electrons. The molecule has 2 atom stereocenters. The number of ether oxygens (including phenoxy) is 2. The van der Waals surface area contributed by atoms with Crippen LogP contribution in [0.2, 0.25) is 0 Å². The van der Waals surface area contributed by atoms with Crippen LogP contribution in [0.3, 0.4) is 0 Å². The number of carbonyl (C=O) groups excluding carboxylic acids is 3. The van der Waals surface area contributed by atoms with Gasteiger partial charge in [0.15, 0.2) is 0 Å². The number of aryl methyl sites for hydroxylation is 2. The lowest BCUT2D eigenvalue weighted by Gasteiger charge is -2.35. The van der Waals surface area contributed by atoms with Gasteiger partial charge < -0.3 is 13.9 Å². The van der Waals surface area contributed by atoms with E-state index in [4.69, 9.17) is 13.9 Å². The summed E-state index contributed by atoms with van der Waals surface area (Å²) in [5.74, 6) is 1.04. The number of hydrogen-bond donors (Lipinski definition) is 1. The SMILES string of the molecule is CC(C)=CC1C(C(=O)OCc2coc(Cc3ccccc3)c2)C1(C)C.COc1cccc(C(=O)NN(C(=O)c2cc(C)cc(C)c2)C(C)(C)C)c1C. The molecule has 276 valence electrons. The van der Waals surface area contributed by atoms with Gasteiger partial charge in [0.1, 0.15) is 18.1 Å². The molecule has 1 saturated carbocycles. The molecule has 0 spiro atoms. The van der Waals surface area contributed by atoms with Crippen LogP contribution in [0.25, 0.3) is 0 Å². The number of carbonyl (C=O) groups is 3. The Morgan fingerprint density at radius 2 is 1.56 bits per heavy atom.